The maximum absolute atomic E-state index is 9.78. The number of hydrogen-bond acceptors (Lipinski definition) is 6. The molecule has 0 atom stereocenters. The van der Waals surface area contributed by atoms with Crippen LogP contribution in [0.15, 0.2) is 12.1 Å². The molecule has 1 fully saturated rings. The van der Waals surface area contributed by atoms with Crippen LogP contribution in [0.3, 0.4) is 0 Å². The first-order valence-corrected chi connectivity index (χ1v) is 7.18. The van der Waals surface area contributed by atoms with Gasteiger partial charge in [-0.05, 0) is 19.9 Å². The van der Waals surface area contributed by atoms with Gasteiger partial charge in [0.15, 0.2) is 11.5 Å². The molecule has 0 unspecified atom stereocenters. The summed E-state index contributed by atoms with van der Waals surface area (Å²) in [7, 11) is 0. The number of aromatic hydroxyl groups is 3. The van der Waals surface area contributed by atoms with E-state index in [2.05, 4.69) is 24.1 Å². The summed E-state index contributed by atoms with van der Waals surface area (Å²) in [4.78, 5) is 2.37. The molecule has 1 aromatic carbocycles. The summed E-state index contributed by atoms with van der Waals surface area (Å²) in [5, 5.41) is 31.9. The molecular formula is C15H24N2O4. The highest BCUT2D eigenvalue weighted by Crippen LogP contribution is 2.36. The zero-order chi connectivity index (χ0) is 15.5. The molecule has 2 rings (SSSR count). The van der Waals surface area contributed by atoms with E-state index in [1.54, 1.807) is 6.07 Å². The Bertz CT molecular complexity index is 485. The van der Waals surface area contributed by atoms with Crippen LogP contribution in [0.1, 0.15) is 19.4 Å². The van der Waals surface area contributed by atoms with Gasteiger partial charge in [-0.2, -0.15) is 0 Å². The maximum Gasteiger partial charge on any atom is 0.200 e. The highest BCUT2D eigenvalue weighted by molar-refractivity contribution is 5.52. The average molecular weight is 296 g/mol. The zero-order valence-electron chi connectivity index (χ0n) is 12.6. The van der Waals surface area contributed by atoms with E-state index in [0.717, 1.165) is 32.8 Å². The van der Waals surface area contributed by atoms with Crippen LogP contribution in [0.4, 0.5) is 0 Å². The van der Waals surface area contributed by atoms with Crippen molar-refractivity contribution in [2.24, 2.45) is 0 Å². The number of nitrogens with zero attached hydrogens (tertiary/aromatic N) is 1. The fourth-order valence-corrected chi connectivity index (χ4v) is 2.54. The first-order chi connectivity index (χ1) is 9.92. The lowest BCUT2D eigenvalue weighted by atomic mass is 10.0. The summed E-state index contributed by atoms with van der Waals surface area (Å²) >= 11 is 0. The van der Waals surface area contributed by atoms with Gasteiger partial charge in [0.1, 0.15) is 0 Å². The van der Waals surface area contributed by atoms with Crippen LogP contribution in [0.25, 0.3) is 0 Å². The monoisotopic (exact) mass is 296 g/mol. The average Bonchev–Trinajstić information content (AvgIpc) is 2.48. The van der Waals surface area contributed by atoms with Crippen LogP contribution in [0, 0.1) is 0 Å². The Hall–Kier alpha value is -1.50. The van der Waals surface area contributed by atoms with E-state index in [1.165, 1.54) is 6.07 Å². The lowest BCUT2D eigenvalue weighted by Crippen LogP contribution is -2.54. The van der Waals surface area contributed by atoms with Gasteiger partial charge in [-0.1, -0.05) is 6.07 Å². The van der Waals surface area contributed by atoms with E-state index in [0.29, 0.717) is 12.1 Å². The lowest BCUT2D eigenvalue weighted by molar-refractivity contribution is -0.00968. The molecular weight excluding hydrogens is 272 g/mol. The standard InChI is InChI=1S/C15H24N2O4/c1-15(2,17-5-7-21-8-6-17)10-16-9-11-3-4-12(18)14(20)13(11)19/h3-4,16,18-20H,5-10H2,1-2H3. The Morgan fingerprint density at radius 1 is 1.14 bits per heavy atom. The number of hydrogen-bond donors (Lipinski definition) is 4. The van der Waals surface area contributed by atoms with Crippen molar-refractivity contribution in [1.29, 1.82) is 0 Å². The van der Waals surface area contributed by atoms with E-state index in [1.807, 2.05) is 0 Å². The summed E-state index contributed by atoms with van der Waals surface area (Å²) in [6.45, 7) is 8.85. The van der Waals surface area contributed by atoms with Gasteiger partial charge in [0.25, 0.3) is 0 Å². The third-order valence-electron chi connectivity index (χ3n) is 3.95. The molecule has 21 heavy (non-hydrogen) atoms. The number of phenols is 3. The van der Waals surface area contributed by atoms with Crippen LogP contribution >= 0.6 is 0 Å². The minimum atomic E-state index is -0.471. The van der Waals surface area contributed by atoms with E-state index in [9.17, 15) is 15.3 Å². The predicted molar refractivity (Wildman–Crippen MR) is 79.6 cm³/mol. The van der Waals surface area contributed by atoms with Gasteiger partial charge in [-0.3, -0.25) is 4.90 Å². The van der Waals surface area contributed by atoms with E-state index in [4.69, 9.17) is 4.74 Å². The van der Waals surface area contributed by atoms with Crippen molar-refractivity contribution in [1.82, 2.24) is 10.2 Å². The molecule has 1 aromatic rings. The molecule has 1 aliphatic heterocycles. The van der Waals surface area contributed by atoms with E-state index in [-0.39, 0.29) is 17.0 Å². The van der Waals surface area contributed by atoms with E-state index >= 15 is 0 Å². The molecule has 4 N–H and O–H groups in total. The second-order valence-electron chi connectivity index (χ2n) is 5.96. The van der Waals surface area contributed by atoms with Crippen molar-refractivity contribution in [2.45, 2.75) is 25.9 Å². The lowest BCUT2D eigenvalue weighted by Gasteiger charge is -2.41. The molecule has 6 nitrogen and oxygen atoms in total. The second kappa shape index (κ2) is 6.51. The van der Waals surface area contributed by atoms with Crippen LogP contribution in [-0.2, 0) is 11.3 Å². The van der Waals surface area contributed by atoms with Crippen molar-refractivity contribution in [3.8, 4) is 17.2 Å². The van der Waals surface area contributed by atoms with Crippen molar-refractivity contribution < 1.29 is 20.1 Å². The first-order valence-electron chi connectivity index (χ1n) is 7.18. The smallest absolute Gasteiger partial charge is 0.200 e. The Balaban J connectivity index is 1.90. The molecule has 1 heterocycles. The Kier molecular flexibility index (Phi) is 4.92. The molecule has 0 amide bonds. The summed E-state index contributed by atoms with van der Waals surface area (Å²) in [5.74, 6) is -1.06. The minimum Gasteiger partial charge on any atom is -0.504 e. The Labute approximate surface area is 125 Å². The summed E-state index contributed by atoms with van der Waals surface area (Å²) in [6, 6.07) is 2.97. The van der Waals surface area contributed by atoms with Gasteiger partial charge in [-0.15, -0.1) is 0 Å². The minimum absolute atomic E-state index is 0.0155. The van der Waals surface area contributed by atoms with Crippen molar-refractivity contribution in [3.63, 3.8) is 0 Å². The third kappa shape index (κ3) is 3.78. The van der Waals surface area contributed by atoms with Gasteiger partial charge in [0.05, 0.1) is 13.2 Å². The fourth-order valence-electron chi connectivity index (χ4n) is 2.54. The maximum atomic E-state index is 9.78. The number of rotatable bonds is 5. The molecule has 1 aliphatic rings. The highest BCUT2D eigenvalue weighted by Gasteiger charge is 2.27. The fraction of sp³-hybridized carbons (Fsp3) is 0.600. The van der Waals surface area contributed by atoms with Gasteiger partial charge < -0.3 is 25.4 Å². The number of phenolic OH excluding ortho intramolecular Hbond substituents is 3. The molecule has 0 aliphatic carbocycles. The Morgan fingerprint density at radius 2 is 1.81 bits per heavy atom. The topological polar surface area (TPSA) is 85.2 Å². The van der Waals surface area contributed by atoms with E-state index < -0.39 is 5.75 Å². The third-order valence-corrected chi connectivity index (χ3v) is 3.95. The summed E-state index contributed by atoms with van der Waals surface area (Å²) in [5.41, 5.74) is 0.543. The molecule has 1 saturated heterocycles. The van der Waals surface area contributed by atoms with Gasteiger partial charge >= 0.3 is 0 Å². The molecule has 0 aromatic heterocycles. The van der Waals surface area contributed by atoms with Crippen LogP contribution in [0.5, 0.6) is 17.2 Å². The molecule has 118 valence electrons. The molecule has 0 saturated carbocycles. The van der Waals surface area contributed by atoms with Gasteiger partial charge in [0, 0.05) is 37.3 Å². The normalized spacial score (nSPS) is 17.0. The first kappa shape index (κ1) is 15.9. The van der Waals surface area contributed by atoms with Crippen molar-refractivity contribution in [2.75, 3.05) is 32.8 Å². The number of nitrogens with one attached hydrogen (secondary N) is 1. The molecule has 0 radical (unpaired) electrons. The number of benzene rings is 1. The predicted octanol–water partition coefficient (Wildman–Crippen LogP) is 1.00. The zero-order valence-corrected chi connectivity index (χ0v) is 12.6. The summed E-state index contributed by atoms with van der Waals surface area (Å²) < 4.78 is 5.36. The SMILES string of the molecule is CC(C)(CNCc1ccc(O)c(O)c1O)N1CCOCC1. The van der Waals surface area contributed by atoms with Crippen molar-refractivity contribution >= 4 is 0 Å². The largest absolute Gasteiger partial charge is 0.504 e. The molecule has 0 spiro atoms. The Morgan fingerprint density at radius 3 is 2.48 bits per heavy atom. The highest BCUT2D eigenvalue weighted by atomic mass is 16.5. The van der Waals surface area contributed by atoms with Crippen LogP contribution in [0.2, 0.25) is 0 Å². The summed E-state index contributed by atoms with van der Waals surface area (Å²) in [6.07, 6.45) is 0. The number of ether oxygens (including phenoxy) is 1. The van der Waals surface area contributed by atoms with Gasteiger partial charge in [-0.25, -0.2) is 0 Å². The van der Waals surface area contributed by atoms with Gasteiger partial charge in [0.2, 0.25) is 5.75 Å². The van der Waals surface area contributed by atoms with Crippen LogP contribution < -0.4 is 5.32 Å². The molecule has 6 heteroatoms. The van der Waals surface area contributed by atoms with Crippen molar-refractivity contribution in [3.05, 3.63) is 17.7 Å². The second-order valence-corrected chi connectivity index (χ2v) is 5.96. The van der Waals surface area contributed by atoms with Crippen LogP contribution in [-0.4, -0.2) is 58.6 Å². The number of morpholine rings is 1. The molecule has 0 bridgehead atoms. The quantitative estimate of drug-likeness (QED) is 0.607.